The van der Waals surface area contributed by atoms with E-state index in [9.17, 15) is 0 Å². The Bertz CT molecular complexity index is 381. The number of hydrogen-bond acceptors (Lipinski definition) is 4. The molecule has 0 radical (unpaired) electrons. The van der Waals surface area contributed by atoms with Gasteiger partial charge in [-0.25, -0.2) is 0 Å². The number of hydrogen-bond donors (Lipinski definition) is 2. The van der Waals surface area contributed by atoms with Crippen molar-refractivity contribution in [3.8, 4) is 0 Å². The highest BCUT2D eigenvalue weighted by molar-refractivity contribution is 5.79. The van der Waals surface area contributed by atoms with Gasteiger partial charge in [0.15, 0.2) is 5.96 Å². The summed E-state index contributed by atoms with van der Waals surface area (Å²) in [6, 6.07) is 1.11. The molecule has 1 aliphatic heterocycles. The van der Waals surface area contributed by atoms with Gasteiger partial charge in [0.1, 0.15) is 0 Å². The van der Waals surface area contributed by atoms with Crippen molar-refractivity contribution >= 4 is 5.96 Å². The second kappa shape index (κ2) is 11.0. The summed E-state index contributed by atoms with van der Waals surface area (Å²) < 4.78 is 5.55. The summed E-state index contributed by atoms with van der Waals surface area (Å²) >= 11 is 0. The highest BCUT2D eigenvalue weighted by atomic mass is 16.5. The van der Waals surface area contributed by atoms with Crippen LogP contribution < -0.4 is 10.6 Å². The third-order valence-electron chi connectivity index (χ3n) is 5.24. The first-order chi connectivity index (χ1) is 11.8. The molecule has 0 aliphatic carbocycles. The van der Waals surface area contributed by atoms with Gasteiger partial charge in [-0.2, -0.15) is 0 Å². The van der Waals surface area contributed by atoms with Crippen LogP contribution in [0.15, 0.2) is 4.99 Å². The normalized spacial score (nSPS) is 18.4. The van der Waals surface area contributed by atoms with E-state index in [1.165, 1.54) is 0 Å². The molecule has 1 aliphatic rings. The van der Waals surface area contributed by atoms with Gasteiger partial charge in [-0.05, 0) is 61.6 Å². The number of rotatable bonds is 9. The van der Waals surface area contributed by atoms with E-state index in [-0.39, 0.29) is 5.54 Å². The second-order valence-electron chi connectivity index (χ2n) is 7.78. The minimum atomic E-state index is 0.114. The van der Waals surface area contributed by atoms with Gasteiger partial charge in [0.05, 0.1) is 6.54 Å². The summed E-state index contributed by atoms with van der Waals surface area (Å²) in [5.41, 5.74) is 0.114. The summed E-state index contributed by atoms with van der Waals surface area (Å²) in [5.74, 6) is 0.919. The fourth-order valence-corrected chi connectivity index (χ4v) is 3.48. The molecule has 148 valence electrons. The largest absolute Gasteiger partial charge is 0.381 e. The van der Waals surface area contributed by atoms with Gasteiger partial charge in [0.25, 0.3) is 0 Å². The number of aliphatic imine (C=N–C) groups is 1. The Labute approximate surface area is 155 Å². The minimum absolute atomic E-state index is 0.114. The van der Waals surface area contributed by atoms with Crippen LogP contribution in [0.2, 0.25) is 0 Å². The molecule has 0 bridgehead atoms. The van der Waals surface area contributed by atoms with E-state index in [1.54, 1.807) is 0 Å². The Hall–Kier alpha value is -0.850. The molecule has 0 amide bonds. The van der Waals surface area contributed by atoms with Gasteiger partial charge in [-0.3, -0.25) is 9.89 Å². The van der Waals surface area contributed by atoms with E-state index in [0.717, 1.165) is 58.2 Å². The van der Waals surface area contributed by atoms with Crippen LogP contribution in [-0.4, -0.2) is 86.9 Å². The molecule has 0 aromatic rings. The monoisotopic (exact) mass is 355 g/mol. The van der Waals surface area contributed by atoms with E-state index in [4.69, 9.17) is 9.73 Å². The molecule has 6 heteroatoms. The topological polar surface area (TPSA) is 52.1 Å². The SMILES string of the molecule is CCNC(=NCC1(N(C)C)CCOCC1)NCCN(C(C)C)C(C)C. The zero-order valence-electron chi connectivity index (χ0n) is 17.6. The molecule has 25 heavy (non-hydrogen) atoms. The highest BCUT2D eigenvalue weighted by Crippen LogP contribution is 2.26. The molecule has 0 unspecified atom stereocenters. The average molecular weight is 356 g/mol. The molecular weight excluding hydrogens is 314 g/mol. The third-order valence-corrected chi connectivity index (χ3v) is 5.24. The summed E-state index contributed by atoms with van der Waals surface area (Å²) in [7, 11) is 4.31. The van der Waals surface area contributed by atoms with Crippen LogP contribution >= 0.6 is 0 Å². The molecule has 1 heterocycles. The summed E-state index contributed by atoms with van der Waals surface area (Å²) in [5, 5.41) is 6.89. The van der Waals surface area contributed by atoms with Crippen LogP contribution in [0.4, 0.5) is 0 Å². The predicted octanol–water partition coefficient (Wildman–Crippen LogP) is 1.77. The van der Waals surface area contributed by atoms with Crippen LogP contribution in [0.5, 0.6) is 0 Å². The van der Waals surface area contributed by atoms with Gasteiger partial charge in [-0.15, -0.1) is 0 Å². The Morgan fingerprint density at radius 2 is 1.68 bits per heavy atom. The lowest BCUT2D eigenvalue weighted by Crippen LogP contribution is -2.52. The van der Waals surface area contributed by atoms with Crippen LogP contribution in [0.25, 0.3) is 0 Å². The Balaban J connectivity index is 2.63. The van der Waals surface area contributed by atoms with E-state index in [2.05, 4.69) is 69.1 Å². The lowest BCUT2D eigenvalue weighted by Gasteiger charge is -2.41. The molecular formula is C19H41N5O. The first-order valence-electron chi connectivity index (χ1n) is 9.85. The number of nitrogens with zero attached hydrogens (tertiary/aromatic N) is 3. The number of guanidine groups is 1. The van der Waals surface area contributed by atoms with Gasteiger partial charge in [0.2, 0.25) is 0 Å². The van der Waals surface area contributed by atoms with Crippen molar-refractivity contribution in [2.75, 3.05) is 53.5 Å². The molecule has 1 rings (SSSR count). The van der Waals surface area contributed by atoms with E-state index in [0.29, 0.717) is 12.1 Å². The standard InChI is InChI=1S/C19H41N5O/c1-8-20-18(21-11-12-24(16(2)3)17(4)5)22-15-19(23(6)7)9-13-25-14-10-19/h16-17H,8-15H2,1-7H3,(H2,20,21,22). The van der Waals surface area contributed by atoms with E-state index in [1.807, 2.05) is 0 Å². The first kappa shape index (κ1) is 22.2. The quantitative estimate of drug-likeness (QED) is 0.488. The minimum Gasteiger partial charge on any atom is -0.381 e. The molecule has 0 atom stereocenters. The van der Waals surface area contributed by atoms with Crippen molar-refractivity contribution in [2.45, 2.75) is 65.1 Å². The maximum absolute atomic E-state index is 5.55. The fraction of sp³-hybridized carbons (Fsp3) is 0.947. The summed E-state index contributed by atoms with van der Waals surface area (Å²) in [4.78, 5) is 9.71. The van der Waals surface area contributed by atoms with Crippen molar-refractivity contribution in [1.29, 1.82) is 0 Å². The zero-order chi connectivity index (χ0) is 18.9. The van der Waals surface area contributed by atoms with Crippen LogP contribution in [0, 0.1) is 0 Å². The van der Waals surface area contributed by atoms with Crippen LogP contribution in [-0.2, 0) is 4.74 Å². The molecule has 0 aromatic carbocycles. The van der Waals surface area contributed by atoms with Crippen molar-refractivity contribution in [3.63, 3.8) is 0 Å². The second-order valence-corrected chi connectivity index (χ2v) is 7.78. The van der Waals surface area contributed by atoms with Crippen molar-refractivity contribution in [1.82, 2.24) is 20.4 Å². The molecule has 6 nitrogen and oxygen atoms in total. The summed E-state index contributed by atoms with van der Waals surface area (Å²) in [6.07, 6.45) is 2.08. The lowest BCUT2D eigenvalue weighted by molar-refractivity contribution is -0.00254. The maximum Gasteiger partial charge on any atom is 0.191 e. The fourth-order valence-electron chi connectivity index (χ4n) is 3.48. The molecule has 1 fully saturated rings. The first-order valence-corrected chi connectivity index (χ1v) is 9.85. The summed E-state index contributed by atoms with van der Waals surface area (Å²) in [6.45, 7) is 16.4. The Morgan fingerprint density at radius 1 is 1.08 bits per heavy atom. The van der Waals surface area contributed by atoms with Gasteiger partial charge < -0.3 is 20.3 Å². The number of nitrogens with one attached hydrogen (secondary N) is 2. The van der Waals surface area contributed by atoms with E-state index >= 15 is 0 Å². The van der Waals surface area contributed by atoms with Gasteiger partial charge in [0, 0.05) is 50.5 Å². The third kappa shape index (κ3) is 7.12. The maximum atomic E-state index is 5.55. The van der Waals surface area contributed by atoms with Crippen LogP contribution in [0.1, 0.15) is 47.5 Å². The van der Waals surface area contributed by atoms with Crippen molar-refractivity contribution < 1.29 is 4.74 Å². The number of ether oxygens (including phenoxy) is 1. The Morgan fingerprint density at radius 3 is 2.16 bits per heavy atom. The lowest BCUT2D eigenvalue weighted by atomic mass is 9.89. The molecule has 2 N–H and O–H groups in total. The molecule has 0 aromatic heterocycles. The van der Waals surface area contributed by atoms with Crippen molar-refractivity contribution in [2.24, 2.45) is 4.99 Å². The average Bonchev–Trinajstić information content (AvgIpc) is 2.56. The predicted molar refractivity (Wildman–Crippen MR) is 107 cm³/mol. The van der Waals surface area contributed by atoms with Gasteiger partial charge >= 0.3 is 0 Å². The highest BCUT2D eigenvalue weighted by Gasteiger charge is 2.34. The molecule has 1 saturated heterocycles. The molecule has 0 saturated carbocycles. The number of likely N-dealkylation sites (N-methyl/N-ethyl adjacent to an activating group) is 1. The van der Waals surface area contributed by atoms with Crippen LogP contribution in [0.3, 0.4) is 0 Å². The van der Waals surface area contributed by atoms with Crippen molar-refractivity contribution in [3.05, 3.63) is 0 Å². The Kier molecular flexibility index (Phi) is 9.75. The zero-order valence-corrected chi connectivity index (χ0v) is 17.6. The van der Waals surface area contributed by atoms with Gasteiger partial charge in [-0.1, -0.05) is 0 Å². The smallest absolute Gasteiger partial charge is 0.191 e. The van der Waals surface area contributed by atoms with E-state index < -0.39 is 0 Å². The molecule has 0 spiro atoms.